The highest BCUT2D eigenvalue weighted by Crippen LogP contribution is 2.23. The first-order chi connectivity index (χ1) is 11.0. The number of aromatic nitrogens is 2. The molecule has 0 bridgehead atoms. The van der Waals surface area contributed by atoms with E-state index >= 15 is 0 Å². The Kier molecular flexibility index (Phi) is 4.31. The number of hydrogen-bond acceptors (Lipinski definition) is 3. The molecule has 23 heavy (non-hydrogen) atoms. The molecule has 3 rings (SSSR count). The van der Waals surface area contributed by atoms with E-state index in [2.05, 4.69) is 41.2 Å². The predicted molar refractivity (Wildman–Crippen MR) is 92.3 cm³/mol. The minimum Gasteiger partial charge on any atom is -0.368 e. The van der Waals surface area contributed by atoms with Crippen LogP contribution in [-0.4, -0.2) is 46.8 Å². The Labute approximate surface area is 141 Å². The van der Waals surface area contributed by atoms with Crippen molar-refractivity contribution in [2.75, 3.05) is 31.1 Å². The molecule has 0 spiro atoms. The third-order valence-electron chi connectivity index (χ3n) is 4.30. The van der Waals surface area contributed by atoms with Crippen molar-refractivity contribution in [2.45, 2.75) is 13.8 Å². The number of piperazine rings is 1. The molecule has 122 valence electrons. The summed E-state index contributed by atoms with van der Waals surface area (Å²) in [4.78, 5) is 16.9. The van der Waals surface area contributed by atoms with E-state index in [1.165, 1.54) is 11.3 Å². The van der Waals surface area contributed by atoms with Crippen molar-refractivity contribution in [3.8, 4) is 0 Å². The lowest BCUT2D eigenvalue weighted by Crippen LogP contribution is -2.49. The molecular weight excluding hydrogens is 312 g/mol. The van der Waals surface area contributed by atoms with Crippen molar-refractivity contribution < 1.29 is 4.79 Å². The second-order valence-electron chi connectivity index (χ2n) is 5.99. The number of carbonyl (C=O) groups excluding carboxylic acids is 1. The lowest BCUT2D eigenvalue weighted by Gasteiger charge is -2.36. The zero-order valence-corrected chi connectivity index (χ0v) is 14.5. The summed E-state index contributed by atoms with van der Waals surface area (Å²) < 4.78 is 1.55. The number of amides is 1. The predicted octanol–water partition coefficient (Wildman–Crippen LogP) is 2.65. The van der Waals surface area contributed by atoms with Crippen molar-refractivity contribution in [1.82, 2.24) is 14.7 Å². The monoisotopic (exact) mass is 332 g/mol. The maximum atomic E-state index is 12.7. The minimum atomic E-state index is -0.0236. The van der Waals surface area contributed by atoms with Gasteiger partial charge < -0.3 is 9.80 Å². The average Bonchev–Trinajstić information content (AvgIpc) is 2.79. The van der Waals surface area contributed by atoms with Crippen molar-refractivity contribution in [3.05, 3.63) is 46.2 Å². The first-order valence-electron chi connectivity index (χ1n) is 7.77. The maximum absolute atomic E-state index is 12.7. The SMILES string of the molecule is Cc1cccc(N2CCN(C(=O)c3c(C)nn(C)c3Cl)CC2)c1. The van der Waals surface area contributed by atoms with Gasteiger partial charge in [0.25, 0.3) is 5.91 Å². The molecule has 0 saturated carbocycles. The number of aryl methyl sites for hydroxylation is 3. The van der Waals surface area contributed by atoms with E-state index in [1.807, 2.05) is 11.8 Å². The Hall–Kier alpha value is -2.01. The molecule has 1 aromatic carbocycles. The van der Waals surface area contributed by atoms with Gasteiger partial charge in [-0.25, -0.2) is 0 Å². The van der Waals surface area contributed by atoms with Crippen LogP contribution in [0.4, 0.5) is 5.69 Å². The van der Waals surface area contributed by atoms with Gasteiger partial charge in [-0.3, -0.25) is 9.48 Å². The van der Waals surface area contributed by atoms with Crippen molar-refractivity contribution >= 4 is 23.2 Å². The van der Waals surface area contributed by atoms with Crippen LogP contribution in [0.15, 0.2) is 24.3 Å². The molecule has 1 aromatic heterocycles. The highest BCUT2D eigenvalue weighted by atomic mass is 35.5. The van der Waals surface area contributed by atoms with Crippen LogP contribution in [0.1, 0.15) is 21.6 Å². The Morgan fingerprint density at radius 3 is 2.43 bits per heavy atom. The maximum Gasteiger partial charge on any atom is 0.259 e. The van der Waals surface area contributed by atoms with E-state index in [9.17, 15) is 4.79 Å². The molecule has 0 aliphatic carbocycles. The van der Waals surface area contributed by atoms with Gasteiger partial charge in [-0.2, -0.15) is 5.10 Å². The lowest BCUT2D eigenvalue weighted by atomic mass is 10.1. The van der Waals surface area contributed by atoms with Crippen molar-refractivity contribution in [1.29, 1.82) is 0 Å². The molecule has 0 atom stereocenters. The molecule has 0 unspecified atom stereocenters. The van der Waals surface area contributed by atoms with E-state index in [0.29, 0.717) is 29.5 Å². The highest BCUT2D eigenvalue weighted by molar-refractivity contribution is 6.33. The molecule has 5 nitrogen and oxygen atoms in total. The Morgan fingerprint density at radius 2 is 1.87 bits per heavy atom. The van der Waals surface area contributed by atoms with Gasteiger partial charge in [-0.05, 0) is 31.5 Å². The molecule has 6 heteroatoms. The first-order valence-corrected chi connectivity index (χ1v) is 8.15. The number of rotatable bonds is 2. The standard InChI is InChI=1S/C17H21ClN4O/c1-12-5-4-6-14(11-12)21-7-9-22(10-8-21)17(23)15-13(2)19-20(3)16(15)18/h4-6,11H,7-10H2,1-3H3. The lowest BCUT2D eigenvalue weighted by molar-refractivity contribution is 0.0746. The van der Waals surface area contributed by atoms with Crippen LogP contribution in [0.25, 0.3) is 0 Å². The molecular formula is C17H21ClN4O. The number of halogens is 1. The summed E-state index contributed by atoms with van der Waals surface area (Å²) in [6, 6.07) is 8.46. The van der Waals surface area contributed by atoms with E-state index in [1.54, 1.807) is 11.7 Å². The van der Waals surface area contributed by atoms with Crippen LogP contribution >= 0.6 is 11.6 Å². The molecule has 1 fully saturated rings. The molecule has 0 radical (unpaired) electrons. The Bertz CT molecular complexity index is 732. The first kappa shape index (κ1) is 15.9. The highest BCUT2D eigenvalue weighted by Gasteiger charge is 2.27. The number of benzene rings is 1. The second kappa shape index (κ2) is 6.24. The molecule has 1 aliphatic heterocycles. The van der Waals surface area contributed by atoms with Gasteiger partial charge in [0.15, 0.2) is 0 Å². The van der Waals surface area contributed by atoms with E-state index < -0.39 is 0 Å². The Morgan fingerprint density at radius 1 is 1.17 bits per heavy atom. The molecule has 1 saturated heterocycles. The average molecular weight is 333 g/mol. The fraction of sp³-hybridized carbons (Fsp3) is 0.412. The van der Waals surface area contributed by atoms with Crippen LogP contribution in [0.5, 0.6) is 0 Å². The van der Waals surface area contributed by atoms with Crippen LogP contribution in [0.2, 0.25) is 5.15 Å². The van der Waals surface area contributed by atoms with Crippen LogP contribution in [0.3, 0.4) is 0 Å². The fourth-order valence-electron chi connectivity index (χ4n) is 3.02. The number of nitrogens with zero attached hydrogens (tertiary/aromatic N) is 4. The van der Waals surface area contributed by atoms with Gasteiger partial charge in [-0.1, -0.05) is 23.7 Å². The largest absolute Gasteiger partial charge is 0.368 e. The van der Waals surface area contributed by atoms with E-state index in [-0.39, 0.29) is 5.91 Å². The second-order valence-corrected chi connectivity index (χ2v) is 6.35. The van der Waals surface area contributed by atoms with Crippen LogP contribution in [-0.2, 0) is 7.05 Å². The number of carbonyl (C=O) groups is 1. The topological polar surface area (TPSA) is 41.4 Å². The summed E-state index contributed by atoms with van der Waals surface area (Å²) in [7, 11) is 1.75. The molecule has 0 N–H and O–H groups in total. The van der Waals surface area contributed by atoms with Gasteiger partial charge in [0, 0.05) is 38.9 Å². The summed E-state index contributed by atoms with van der Waals surface area (Å²) >= 11 is 6.21. The van der Waals surface area contributed by atoms with Gasteiger partial charge >= 0.3 is 0 Å². The summed E-state index contributed by atoms with van der Waals surface area (Å²) in [5.41, 5.74) is 3.67. The number of anilines is 1. The smallest absolute Gasteiger partial charge is 0.259 e. The van der Waals surface area contributed by atoms with Crippen LogP contribution < -0.4 is 4.90 Å². The van der Waals surface area contributed by atoms with Crippen LogP contribution in [0, 0.1) is 13.8 Å². The summed E-state index contributed by atoms with van der Waals surface area (Å²) in [5, 5.41) is 4.64. The fourth-order valence-corrected chi connectivity index (χ4v) is 3.28. The zero-order valence-electron chi connectivity index (χ0n) is 13.7. The molecule has 1 amide bonds. The zero-order chi connectivity index (χ0) is 16.6. The van der Waals surface area contributed by atoms with E-state index in [4.69, 9.17) is 11.6 Å². The Balaban J connectivity index is 1.70. The molecule has 2 aromatic rings. The van der Waals surface area contributed by atoms with E-state index in [0.717, 1.165) is 13.1 Å². The third-order valence-corrected chi connectivity index (χ3v) is 4.73. The van der Waals surface area contributed by atoms with Crippen molar-refractivity contribution in [2.24, 2.45) is 7.05 Å². The van der Waals surface area contributed by atoms with Crippen molar-refractivity contribution in [3.63, 3.8) is 0 Å². The summed E-state index contributed by atoms with van der Waals surface area (Å²) in [5.74, 6) is -0.0236. The minimum absolute atomic E-state index is 0.0236. The summed E-state index contributed by atoms with van der Waals surface area (Å²) in [6.45, 7) is 6.95. The molecule has 2 heterocycles. The van der Waals surface area contributed by atoms with Gasteiger partial charge in [0.1, 0.15) is 5.15 Å². The third kappa shape index (κ3) is 3.06. The molecule has 1 aliphatic rings. The summed E-state index contributed by atoms with van der Waals surface area (Å²) in [6.07, 6.45) is 0. The van der Waals surface area contributed by atoms with Gasteiger partial charge in [0.05, 0.1) is 11.3 Å². The normalized spacial score (nSPS) is 15.1. The number of hydrogen-bond donors (Lipinski definition) is 0. The van der Waals surface area contributed by atoms with Gasteiger partial charge in [0.2, 0.25) is 0 Å². The quantitative estimate of drug-likeness (QED) is 0.849. The van der Waals surface area contributed by atoms with Gasteiger partial charge in [-0.15, -0.1) is 0 Å².